The van der Waals surface area contributed by atoms with E-state index in [-0.39, 0.29) is 0 Å². The molecule has 0 aliphatic carbocycles. The fourth-order valence-electron chi connectivity index (χ4n) is 1.95. The lowest BCUT2D eigenvalue weighted by molar-refractivity contribution is 0.459. The maximum absolute atomic E-state index is 6.13. The van der Waals surface area contributed by atoms with Crippen LogP contribution in [0.2, 0.25) is 5.02 Å². The Morgan fingerprint density at radius 1 is 1.30 bits per heavy atom. The first-order valence-electron chi connectivity index (χ1n) is 5.98. The second-order valence-electron chi connectivity index (χ2n) is 4.17. The Hall–Kier alpha value is -1.56. The van der Waals surface area contributed by atoms with Crippen molar-refractivity contribution < 1.29 is 4.74 Å². The van der Waals surface area contributed by atoms with Gasteiger partial charge in [0, 0.05) is 17.2 Å². The quantitative estimate of drug-likeness (QED) is 0.775. The molecule has 6 heteroatoms. The van der Waals surface area contributed by atoms with Crippen LogP contribution in [0.15, 0.2) is 47.1 Å². The van der Waals surface area contributed by atoms with Crippen LogP contribution >= 0.6 is 27.5 Å². The van der Waals surface area contributed by atoms with Gasteiger partial charge in [-0.1, -0.05) is 33.6 Å². The van der Waals surface area contributed by atoms with Gasteiger partial charge in [0.05, 0.1) is 5.02 Å². The highest BCUT2D eigenvalue weighted by molar-refractivity contribution is 9.10. The monoisotopic (exact) mass is 351 g/mol. The van der Waals surface area contributed by atoms with E-state index in [1.807, 2.05) is 34.9 Å². The van der Waals surface area contributed by atoms with Gasteiger partial charge in [0.1, 0.15) is 17.1 Å². The van der Waals surface area contributed by atoms with Gasteiger partial charge in [0.2, 0.25) is 5.88 Å². The topological polar surface area (TPSA) is 52.5 Å². The molecule has 20 heavy (non-hydrogen) atoms. The number of hydrogen-bond donors (Lipinski definition) is 1. The van der Waals surface area contributed by atoms with E-state index in [1.165, 1.54) is 0 Å². The molecule has 1 aromatic carbocycles. The lowest BCUT2D eigenvalue weighted by atomic mass is 10.3. The van der Waals surface area contributed by atoms with Crippen LogP contribution < -0.4 is 10.5 Å². The van der Waals surface area contributed by atoms with Crippen molar-refractivity contribution >= 4 is 33.2 Å². The molecule has 0 radical (unpaired) electrons. The Labute approximate surface area is 129 Å². The molecule has 4 nitrogen and oxygen atoms in total. The molecule has 2 aromatic heterocycles. The molecule has 0 unspecified atom stereocenters. The highest BCUT2D eigenvalue weighted by atomic mass is 79.9. The third-order valence-electron chi connectivity index (χ3n) is 2.89. The first kappa shape index (κ1) is 13.4. The number of ether oxygens (including phenoxy) is 1. The van der Waals surface area contributed by atoms with Crippen LogP contribution in [0.3, 0.4) is 0 Å². The summed E-state index contributed by atoms with van der Waals surface area (Å²) in [7, 11) is 0. The van der Waals surface area contributed by atoms with Crippen molar-refractivity contribution in [3.05, 3.63) is 57.8 Å². The van der Waals surface area contributed by atoms with E-state index in [1.54, 1.807) is 12.1 Å². The van der Waals surface area contributed by atoms with Crippen molar-refractivity contribution in [2.45, 2.75) is 6.54 Å². The third-order valence-corrected chi connectivity index (χ3v) is 3.69. The smallest absolute Gasteiger partial charge is 0.242 e. The number of hydrogen-bond acceptors (Lipinski definition) is 3. The molecular weight excluding hydrogens is 342 g/mol. The van der Waals surface area contributed by atoms with Gasteiger partial charge in [-0.05, 0) is 30.3 Å². The van der Waals surface area contributed by atoms with Crippen LogP contribution in [0.25, 0.3) is 5.65 Å². The molecule has 0 saturated heterocycles. The van der Waals surface area contributed by atoms with Crippen molar-refractivity contribution in [3.63, 3.8) is 0 Å². The number of imidazole rings is 1. The zero-order valence-electron chi connectivity index (χ0n) is 10.4. The lowest BCUT2D eigenvalue weighted by Crippen LogP contribution is -2.02. The molecule has 2 N–H and O–H groups in total. The third kappa shape index (κ3) is 2.40. The molecule has 0 fully saturated rings. The van der Waals surface area contributed by atoms with Crippen molar-refractivity contribution in [1.82, 2.24) is 9.38 Å². The summed E-state index contributed by atoms with van der Waals surface area (Å²) in [4.78, 5) is 4.44. The normalized spacial score (nSPS) is 10.9. The summed E-state index contributed by atoms with van der Waals surface area (Å²) in [6, 6.07) is 11.1. The Balaban J connectivity index is 2.08. The average molecular weight is 353 g/mol. The number of fused-ring (bicyclic) bond motifs is 1. The predicted octanol–water partition coefficient (Wildman–Crippen LogP) is 4.00. The Kier molecular flexibility index (Phi) is 3.65. The zero-order chi connectivity index (χ0) is 14.1. The summed E-state index contributed by atoms with van der Waals surface area (Å²) in [5.41, 5.74) is 7.39. The number of rotatable bonds is 3. The number of nitrogens with zero attached hydrogens (tertiary/aromatic N) is 2. The van der Waals surface area contributed by atoms with E-state index in [9.17, 15) is 0 Å². The van der Waals surface area contributed by atoms with Gasteiger partial charge in [-0.2, -0.15) is 4.98 Å². The Morgan fingerprint density at radius 3 is 2.95 bits per heavy atom. The molecular formula is C14H11BrClN3O. The largest absolute Gasteiger partial charge is 0.436 e. The summed E-state index contributed by atoms with van der Waals surface area (Å²) in [5, 5.41) is 0.522. The van der Waals surface area contributed by atoms with E-state index in [0.29, 0.717) is 23.2 Å². The Morgan fingerprint density at radius 2 is 2.15 bits per heavy atom. The minimum atomic E-state index is 0.326. The molecule has 0 atom stereocenters. The van der Waals surface area contributed by atoms with Crippen LogP contribution in [0.5, 0.6) is 11.6 Å². The van der Waals surface area contributed by atoms with Crippen LogP contribution in [-0.2, 0) is 6.54 Å². The van der Waals surface area contributed by atoms with E-state index >= 15 is 0 Å². The van der Waals surface area contributed by atoms with E-state index < -0.39 is 0 Å². The number of benzene rings is 1. The Bertz CT molecular complexity index is 772. The molecule has 0 bridgehead atoms. The van der Waals surface area contributed by atoms with Gasteiger partial charge in [-0.3, -0.25) is 4.40 Å². The molecule has 0 aliphatic rings. The van der Waals surface area contributed by atoms with E-state index in [4.69, 9.17) is 22.1 Å². The summed E-state index contributed by atoms with van der Waals surface area (Å²) in [5.74, 6) is 1.01. The summed E-state index contributed by atoms with van der Waals surface area (Å²) in [6.07, 6.45) is 1.90. The molecule has 3 aromatic rings. The molecule has 3 rings (SSSR count). The van der Waals surface area contributed by atoms with Gasteiger partial charge in [-0.25, -0.2) is 0 Å². The van der Waals surface area contributed by atoms with Crippen LogP contribution in [0, 0.1) is 0 Å². The SMILES string of the molecule is NCc1c(Oc2cc(Br)ccc2Cl)nc2ccccn12. The van der Waals surface area contributed by atoms with Gasteiger partial charge in [0.15, 0.2) is 0 Å². The molecule has 0 amide bonds. The second-order valence-corrected chi connectivity index (χ2v) is 5.50. The molecule has 0 spiro atoms. The first-order chi connectivity index (χ1) is 9.69. The van der Waals surface area contributed by atoms with Crippen molar-refractivity contribution in [1.29, 1.82) is 0 Å². The van der Waals surface area contributed by atoms with Crippen LogP contribution in [-0.4, -0.2) is 9.38 Å². The van der Waals surface area contributed by atoms with Crippen molar-refractivity contribution in [3.8, 4) is 11.6 Å². The fraction of sp³-hybridized carbons (Fsp3) is 0.0714. The average Bonchev–Trinajstić information content (AvgIpc) is 2.80. The molecule has 0 aliphatic heterocycles. The van der Waals surface area contributed by atoms with Gasteiger partial charge in [0.25, 0.3) is 0 Å². The van der Waals surface area contributed by atoms with Crippen molar-refractivity contribution in [2.24, 2.45) is 5.73 Å². The standard InChI is InChI=1S/C14H11BrClN3O/c15-9-4-5-10(16)12(7-9)20-14-11(8-17)19-6-2-1-3-13(19)18-14/h1-7H,8,17H2. The summed E-state index contributed by atoms with van der Waals surface area (Å²) >= 11 is 9.52. The lowest BCUT2D eigenvalue weighted by Gasteiger charge is -2.07. The van der Waals surface area contributed by atoms with Gasteiger partial charge >= 0.3 is 0 Å². The maximum atomic E-state index is 6.13. The van der Waals surface area contributed by atoms with Crippen LogP contribution in [0.4, 0.5) is 0 Å². The summed E-state index contributed by atoms with van der Waals surface area (Å²) in [6.45, 7) is 0.326. The summed E-state index contributed by atoms with van der Waals surface area (Å²) < 4.78 is 8.61. The second kappa shape index (κ2) is 5.44. The molecule has 2 heterocycles. The number of halogens is 2. The van der Waals surface area contributed by atoms with E-state index in [2.05, 4.69) is 20.9 Å². The number of nitrogens with two attached hydrogens (primary N) is 1. The number of aromatic nitrogens is 2. The predicted molar refractivity (Wildman–Crippen MR) is 82.3 cm³/mol. The fourth-order valence-corrected chi connectivity index (χ4v) is 2.45. The maximum Gasteiger partial charge on any atom is 0.242 e. The van der Waals surface area contributed by atoms with Crippen LogP contribution in [0.1, 0.15) is 5.69 Å². The van der Waals surface area contributed by atoms with Crippen molar-refractivity contribution in [2.75, 3.05) is 0 Å². The first-order valence-corrected chi connectivity index (χ1v) is 7.15. The zero-order valence-corrected chi connectivity index (χ0v) is 12.7. The molecule has 102 valence electrons. The highest BCUT2D eigenvalue weighted by Crippen LogP contribution is 2.33. The highest BCUT2D eigenvalue weighted by Gasteiger charge is 2.14. The number of pyridine rings is 1. The molecule has 0 saturated carbocycles. The minimum absolute atomic E-state index is 0.326. The van der Waals surface area contributed by atoms with Gasteiger partial charge in [-0.15, -0.1) is 0 Å². The minimum Gasteiger partial charge on any atom is -0.436 e. The van der Waals surface area contributed by atoms with Gasteiger partial charge < -0.3 is 10.5 Å². The van der Waals surface area contributed by atoms with E-state index in [0.717, 1.165) is 15.8 Å².